The molecule has 224 valence electrons. The van der Waals surface area contributed by atoms with E-state index in [1.807, 2.05) is 0 Å². The highest BCUT2D eigenvalue weighted by molar-refractivity contribution is 6.23. The number of benzene rings is 8. The highest BCUT2D eigenvalue weighted by Gasteiger charge is 2.20. The Kier molecular flexibility index (Phi) is 5.91. The molecule has 8 aromatic carbocycles. The number of hydrogen-bond acceptors (Lipinski definition) is 0. The Balaban J connectivity index is 1.35. The van der Waals surface area contributed by atoms with Crippen molar-refractivity contribution in [3.05, 3.63) is 182 Å². The Morgan fingerprint density at radius 3 is 1.54 bits per heavy atom. The molecule has 0 saturated carbocycles. The average molecular weight is 611 g/mol. The molecule has 0 spiro atoms. The smallest absolute Gasteiger partial charge is 0.0619 e. The number of fused-ring (bicyclic) bond motifs is 8. The largest absolute Gasteiger partial charge is 0.309 e. The molecule has 0 N–H and O–H groups in total. The molecule has 0 aliphatic heterocycles. The van der Waals surface area contributed by atoms with E-state index in [0.717, 1.165) is 11.4 Å². The van der Waals surface area contributed by atoms with Gasteiger partial charge in [0.2, 0.25) is 0 Å². The van der Waals surface area contributed by atoms with Crippen LogP contribution in [-0.2, 0) is 0 Å². The normalized spacial score (nSPS) is 11.8. The third kappa shape index (κ3) is 4.06. The van der Waals surface area contributed by atoms with Gasteiger partial charge >= 0.3 is 0 Å². The highest BCUT2D eigenvalue weighted by atomic mass is 15.0. The van der Waals surface area contributed by atoms with E-state index in [2.05, 4.69) is 191 Å². The Morgan fingerprint density at radius 2 is 0.833 bits per heavy atom. The zero-order chi connectivity index (χ0) is 31.6. The highest BCUT2D eigenvalue weighted by Crippen LogP contribution is 2.42. The molecule has 2 nitrogen and oxygen atoms in total. The molecule has 0 radical (unpaired) electrons. The van der Waals surface area contributed by atoms with Gasteiger partial charge in [0.1, 0.15) is 0 Å². The van der Waals surface area contributed by atoms with Crippen molar-refractivity contribution >= 4 is 54.4 Å². The van der Waals surface area contributed by atoms with Gasteiger partial charge in [0.05, 0.1) is 22.1 Å². The van der Waals surface area contributed by atoms with E-state index in [4.69, 9.17) is 0 Å². The van der Waals surface area contributed by atoms with E-state index in [1.165, 1.54) is 76.6 Å². The van der Waals surface area contributed by atoms with Gasteiger partial charge in [-0.3, -0.25) is 0 Å². The van der Waals surface area contributed by atoms with Gasteiger partial charge in [-0.15, -0.1) is 0 Å². The fourth-order valence-corrected chi connectivity index (χ4v) is 7.70. The summed E-state index contributed by atoms with van der Waals surface area (Å²) in [4.78, 5) is 0. The predicted octanol–water partition coefficient (Wildman–Crippen LogP) is 12.4. The molecule has 0 amide bonds. The molecule has 0 aliphatic carbocycles. The van der Waals surface area contributed by atoms with Crippen LogP contribution in [0.5, 0.6) is 0 Å². The van der Waals surface area contributed by atoms with Gasteiger partial charge in [0.25, 0.3) is 0 Å². The van der Waals surface area contributed by atoms with Crippen LogP contribution in [-0.4, -0.2) is 9.13 Å². The number of para-hydroxylation sites is 2. The van der Waals surface area contributed by atoms with E-state index < -0.39 is 0 Å². The van der Waals surface area contributed by atoms with E-state index in [-0.39, 0.29) is 0 Å². The van der Waals surface area contributed by atoms with Gasteiger partial charge < -0.3 is 9.13 Å². The number of aromatic nitrogens is 2. The van der Waals surface area contributed by atoms with Crippen LogP contribution < -0.4 is 0 Å². The van der Waals surface area contributed by atoms with Crippen molar-refractivity contribution in [3.63, 3.8) is 0 Å². The van der Waals surface area contributed by atoms with E-state index >= 15 is 0 Å². The Bertz CT molecular complexity index is 2750. The number of nitrogens with zero attached hydrogens (tertiary/aromatic N) is 2. The van der Waals surface area contributed by atoms with Crippen molar-refractivity contribution in [3.8, 4) is 33.6 Å². The Labute approximate surface area is 278 Å². The molecule has 48 heavy (non-hydrogen) atoms. The predicted molar refractivity (Wildman–Crippen MR) is 203 cm³/mol. The van der Waals surface area contributed by atoms with Crippen LogP contribution in [0.25, 0.3) is 88.0 Å². The van der Waals surface area contributed by atoms with Crippen molar-refractivity contribution in [1.29, 1.82) is 0 Å². The van der Waals surface area contributed by atoms with Gasteiger partial charge in [-0.05, 0) is 76.2 Å². The minimum absolute atomic E-state index is 1.15. The third-order valence-corrected chi connectivity index (χ3v) is 9.85. The van der Waals surface area contributed by atoms with Crippen LogP contribution >= 0.6 is 0 Å². The third-order valence-electron chi connectivity index (χ3n) is 9.85. The monoisotopic (exact) mass is 610 g/mol. The lowest BCUT2D eigenvalue weighted by atomic mass is 9.98. The zero-order valence-electron chi connectivity index (χ0n) is 26.2. The lowest BCUT2D eigenvalue weighted by Gasteiger charge is -2.14. The van der Waals surface area contributed by atoms with E-state index in [0.29, 0.717) is 0 Å². The quantitative estimate of drug-likeness (QED) is 0.188. The Hall–Kier alpha value is -6.38. The molecule has 10 aromatic rings. The van der Waals surface area contributed by atoms with Gasteiger partial charge in [-0.1, -0.05) is 133 Å². The first-order valence-corrected chi connectivity index (χ1v) is 16.5. The fourth-order valence-electron chi connectivity index (χ4n) is 7.70. The maximum Gasteiger partial charge on any atom is 0.0619 e. The zero-order valence-corrected chi connectivity index (χ0v) is 26.2. The summed E-state index contributed by atoms with van der Waals surface area (Å²) < 4.78 is 4.93. The molecule has 0 aliphatic rings. The maximum absolute atomic E-state index is 2.47. The molecule has 0 unspecified atom stereocenters. The molecule has 2 heteroatoms. The summed E-state index contributed by atoms with van der Waals surface area (Å²) >= 11 is 0. The topological polar surface area (TPSA) is 9.86 Å². The van der Waals surface area contributed by atoms with Crippen LogP contribution in [0.1, 0.15) is 0 Å². The minimum Gasteiger partial charge on any atom is -0.309 e. The second-order valence-electron chi connectivity index (χ2n) is 12.6. The standard InChI is InChI=1S/C46H30N2/c1-4-14-31(15-5-1)34-26-35(32-16-6-2-7-17-32)28-37(27-34)47-43-23-13-12-22-39(43)41-29-42-40-25-24-33-18-10-11-21-38(33)46(40)48(45(42)30-44(41)47)36-19-8-3-9-20-36/h1-30H. The molecule has 0 atom stereocenters. The molecular weight excluding hydrogens is 581 g/mol. The second-order valence-corrected chi connectivity index (χ2v) is 12.6. The van der Waals surface area contributed by atoms with Gasteiger partial charge in [0, 0.05) is 38.3 Å². The van der Waals surface area contributed by atoms with Crippen LogP contribution in [0.15, 0.2) is 182 Å². The molecular formula is C46H30N2. The van der Waals surface area contributed by atoms with Crippen LogP contribution in [0.2, 0.25) is 0 Å². The summed E-state index contributed by atoms with van der Waals surface area (Å²) in [7, 11) is 0. The maximum atomic E-state index is 2.47. The Morgan fingerprint density at radius 1 is 0.271 bits per heavy atom. The first kappa shape index (κ1) is 26.8. The van der Waals surface area contributed by atoms with Gasteiger partial charge in [0.15, 0.2) is 0 Å². The first-order valence-electron chi connectivity index (χ1n) is 16.5. The average Bonchev–Trinajstić information content (AvgIpc) is 3.67. The summed E-state index contributed by atoms with van der Waals surface area (Å²) in [5, 5.41) is 7.54. The van der Waals surface area contributed by atoms with Crippen LogP contribution in [0, 0.1) is 0 Å². The molecule has 0 bridgehead atoms. The van der Waals surface area contributed by atoms with Crippen molar-refractivity contribution in [2.45, 2.75) is 0 Å². The van der Waals surface area contributed by atoms with Crippen molar-refractivity contribution in [1.82, 2.24) is 9.13 Å². The van der Waals surface area contributed by atoms with Gasteiger partial charge in [-0.25, -0.2) is 0 Å². The lowest BCUT2D eigenvalue weighted by molar-refractivity contribution is 1.17. The van der Waals surface area contributed by atoms with Crippen LogP contribution in [0.4, 0.5) is 0 Å². The summed E-state index contributed by atoms with van der Waals surface area (Å²) in [6.45, 7) is 0. The molecule has 2 aromatic heterocycles. The lowest BCUT2D eigenvalue weighted by Crippen LogP contribution is -1.97. The molecule has 0 fully saturated rings. The SMILES string of the molecule is c1ccc(-c2cc(-c3ccccc3)cc(-n3c4ccccc4c4cc5c6ccc7ccccc7c6n(-c6ccccc6)c5cc43)c2)cc1. The number of rotatable bonds is 4. The summed E-state index contributed by atoms with van der Waals surface area (Å²) in [6, 6.07) is 66.2. The molecule has 10 rings (SSSR count). The fraction of sp³-hybridized carbons (Fsp3) is 0. The van der Waals surface area contributed by atoms with Gasteiger partial charge in [-0.2, -0.15) is 0 Å². The summed E-state index contributed by atoms with van der Waals surface area (Å²) in [5.74, 6) is 0. The number of hydrogen-bond donors (Lipinski definition) is 0. The second kappa shape index (κ2) is 10.6. The van der Waals surface area contributed by atoms with E-state index in [1.54, 1.807) is 0 Å². The van der Waals surface area contributed by atoms with Crippen LogP contribution in [0.3, 0.4) is 0 Å². The molecule has 2 heterocycles. The molecule has 0 saturated heterocycles. The minimum atomic E-state index is 1.15. The first-order chi connectivity index (χ1) is 23.8. The summed E-state index contributed by atoms with van der Waals surface area (Å²) in [5.41, 5.74) is 11.9. The van der Waals surface area contributed by atoms with Crippen molar-refractivity contribution < 1.29 is 0 Å². The van der Waals surface area contributed by atoms with E-state index in [9.17, 15) is 0 Å². The van der Waals surface area contributed by atoms with Crippen molar-refractivity contribution in [2.75, 3.05) is 0 Å². The summed E-state index contributed by atoms with van der Waals surface area (Å²) in [6.07, 6.45) is 0. The van der Waals surface area contributed by atoms with Crippen molar-refractivity contribution in [2.24, 2.45) is 0 Å².